The molecule has 0 radical (unpaired) electrons. The van der Waals surface area contributed by atoms with E-state index in [9.17, 15) is 4.79 Å². The average molecular weight is 348 g/mol. The Morgan fingerprint density at radius 3 is 2.42 bits per heavy atom. The zero-order valence-electron chi connectivity index (χ0n) is 14.7. The van der Waals surface area contributed by atoms with Crippen LogP contribution in [0.3, 0.4) is 0 Å². The minimum Gasteiger partial charge on any atom is -0.481 e. The molecule has 0 aromatic heterocycles. The first-order valence-electron chi connectivity index (χ1n) is 8.12. The predicted octanol–water partition coefficient (Wildman–Crippen LogP) is 3.65. The fraction of sp³-hybridized carbons (Fsp3) is 0.500. The molecule has 0 atom stereocenters. The smallest absolute Gasteiger partial charge is 0.481 e. The van der Waals surface area contributed by atoms with E-state index in [4.69, 9.17) is 14.4 Å². The Morgan fingerprint density at radius 1 is 1.25 bits per heavy atom. The molecule has 0 unspecified atom stereocenters. The summed E-state index contributed by atoms with van der Waals surface area (Å²) in [7, 11) is -0.421. The number of carboxylic acids is 1. The van der Waals surface area contributed by atoms with Gasteiger partial charge in [-0.1, -0.05) is 30.3 Å². The van der Waals surface area contributed by atoms with Gasteiger partial charge in [0.25, 0.3) is 0 Å². The largest absolute Gasteiger partial charge is 0.491 e. The summed E-state index contributed by atoms with van der Waals surface area (Å²) < 4.78 is 12.2. The number of hydrogen-bond acceptors (Lipinski definition) is 4. The quantitative estimate of drug-likeness (QED) is 0.609. The van der Waals surface area contributed by atoms with Crippen LogP contribution < -0.4 is 0 Å². The molecule has 1 aromatic carbocycles. The van der Waals surface area contributed by atoms with Crippen LogP contribution in [0.25, 0.3) is 6.08 Å². The van der Waals surface area contributed by atoms with Gasteiger partial charge in [0.15, 0.2) is 0 Å². The summed E-state index contributed by atoms with van der Waals surface area (Å²) in [6.07, 6.45) is 2.66. The third-order valence-corrected chi connectivity index (χ3v) is 5.03. The van der Waals surface area contributed by atoms with Crippen LogP contribution >= 0.6 is 12.6 Å². The van der Waals surface area contributed by atoms with Gasteiger partial charge in [-0.15, -0.1) is 0 Å². The van der Waals surface area contributed by atoms with Crippen molar-refractivity contribution in [1.29, 1.82) is 0 Å². The molecule has 4 nitrogen and oxygen atoms in total. The molecule has 2 rings (SSSR count). The van der Waals surface area contributed by atoms with E-state index in [0.29, 0.717) is 12.2 Å². The molecule has 1 saturated heterocycles. The minimum atomic E-state index is -0.788. The third-order valence-electron chi connectivity index (χ3n) is 4.67. The number of carbonyl (C=O) groups is 1. The molecule has 0 aliphatic carbocycles. The summed E-state index contributed by atoms with van der Waals surface area (Å²) in [5, 5.41) is 8.81. The molecule has 1 N–H and O–H groups in total. The maximum Gasteiger partial charge on any atom is 0.491 e. The Bertz CT molecular complexity index is 624. The van der Waals surface area contributed by atoms with E-state index in [-0.39, 0.29) is 17.6 Å². The van der Waals surface area contributed by atoms with Crippen molar-refractivity contribution < 1.29 is 19.2 Å². The molecule has 1 heterocycles. The number of benzene rings is 1. The Labute approximate surface area is 149 Å². The lowest BCUT2D eigenvalue weighted by atomic mass is 9.78. The number of hydrogen-bond donors (Lipinski definition) is 2. The lowest BCUT2D eigenvalue weighted by Crippen LogP contribution is -2.41. The molecule has 1 aliphatic rings. The average Bonchev–Trinajstić information content (AvgIpc) is 2.71. The maximum atomic E-state index is 10.7. The van der Waals surface area contributed by atoms with Crippen LogP contribution in [0.2, 0.25) is 0 Å². The lowest BCUT2D eigenvalue weighted by molar-refractivity contribution is -0.136. The van der Waals surface area contributed by atoms with E-state index >= 15 is 0 Å². The molecule has 6 heteroatoms. The van der Waals surface area contributed by atoms with Crippen molar-refractivity contribution in [3.05, 3.63) is 40.9 Å². The zero-order valence-corrected chi connectivity index (χ0v) is 15.6. The van der Waals surface area contributed by atoms with Crippen LogP contribution in [0.4, 0.5) is 0 Å². The van der Waals surface area contributed by atoms with Gasteiger partial charge in [0.2, 0.25) is 0 Å². The first-order valence-corrected chi connectivity index (χ1v) is 8.75. The number of carboxylic acid groups (broad SMARTS) is 1. The van der Waals surface area contributed by atoms with Gasteiger partial charge in [-0.25, -0.2) is 0 Å². The Balaban J connectivity index is 2.19. The van der Waals surface area contributed by atoms with Gasteiger partial charge >= 0.3 is 13.1 Å². The van der Waals surface area contributed by atoms with E-state index in [2.05, 4.69) is 12.6 Å². The monoisotopic (exact) mass is 348 g/mol. The van der Waals surface area contributed by atoms with Crippen molar-refractivity contribution in [2.24, 2.45) is 0 Å². The summed E-state index contributed by atoms with van der Waals surface area (Å²) in [4.78, 5) is 10.7. The van der Waals surface area contributed by atoms with Crippen molar-refractivity contribution in [2.45, 2.75) is 51.7 Å². The molecule has 0 spiro atoms. The fourth-order valence-electron chi connectivity index (χ4n) is 2.49. The third kappa shape index (κ3) is 4.44. The molecule has 0 amide bonds. The van der Waals surface area contributed by atoms with Crippen LogP contribution in [0, 0.1) is 0 Å². The van der Waals surface area contributed by atoms with E-state index in [1.165, 1.54) is 0 Å². The normalized spacial score (nSPS) is 19.5. The van der Waals surface area contributed by atoms with E-state index in [1.54, 1.807) is 0 Å². The van der Waals surface area contributed by atoms with Gasteiger partial charge in [0.1, 0.15) is 0 Å². The molecule has 0 bridgehead atoms. The van der Waals surface area contributed by atoms with E-state index in [0.717, 1.165) is 16.6 Å². The number of rotatable bonds is 6. The highest BCUT2D eigenvalue weighted by atomic mass is 32.1. The highest BCUT2D eigenvalue weighted by Crippen LogP contribution is 2.39. The highest BCUT2D eigenvalue weighted by Gasteiger charge is 2.52. The number of thiol groups is 1. The van der Waals surface area contributed by atoms with Gasteiger partial charge in [-0.2, -0.15) is 12.6 Å². The number of aliphatic carboxylic acids is 1. The fourth-order valence-corrected chi connectivity index (χ4v) is 2.73. The predicted molar refractivity (Wildman–Crippen MR) is 100 cm³/mol. The number of aryl methyl sites for hydroxylation is 1. The molecule has 1 aliphatic heterocycles. The second-order valence-corrected chi connectivity index (χ2v) is 7.42. The van der Waals surface area contributed by atoms with Gasteiger partial charge in [0, 0.05) is 12.2 Å². The van der Waals surface area contributed by atoms with Gasteiger partial charge < -0.3 is 14.4 Å². The molecular formula is C18H25BO4S. The highest BCUT2D eigenvalue weighted by molar-refractivity contribution is 7.80. The van der Waals surface area contributed by atoms with Crippen molar-refractivity contribution in [3.63, 3.8) is 0 Å². The van der Waals surface area contributed by atoms with Crippen molar-refractivity contribution in [1.82, 2.24) is 0 Å². The van der Waals surface area contributed by atoms with Crippen molar-refractivity contribution in [2.75, 3.05) is 5.75 Å². The first-order chi connectivity index (χ1) is 11.1. The van der Waals surface area contributed by atoms with Crippen LogP contribution in [-0.2, 0) is 20.5 Å². The summed E-state index contributed by atoms with van der Waals surface area (Å²) in [6.45, 7) is 8.09. The van der Waals surface area contributed by atoms with Crippen molar-refractivity contribution in [3.8, 4) is 0 Å². The standard InChI is InChI=1S/C18H25BO4S/c1-17(2)18(3,4)23-19(22-17)15(12-24)11-14-7-5-6-13(10-14)8-9-16(20)21/h5-7,10-11,24H,8-9,12H2,1-4H3,(H,20,21). The molecular weight excluding hydrogens is 323 g/mol. The lowest BCUT2D eigenvalue weighted by Gasteiger charge is -2.32. The van der Waals surface area contributed by atoms with Gasteiger partial charge in [0.05, 0.1) is 11.2 Å². The second-order valence-electron chi connectivity index (χ2n) is 7.10. The molecule has 24 heavy (non-hydrogen) atoms. The Morgan fingerprint density at radius 2 is 1.88 bits per heavy atom. The zero-order chi connectivity index (χ0) is 18.0. The first kappa shape index (κ1) is 19.1. The second kappa shape index (κ2) is 7.34. The molecule has 1 fully saturated rings. The minimum absolute atomic E-state index is 0.129. The molecule has 0 saturated carbocycles. The van der Waals surface area contributed by atoms with E-state index in [1.807, 2.05) is 58.0 Å². The van der Waals surface area contributed by atoms with Crippen LogP contribution in [0.1, 0.15) is 45.2 Å². The topological polar surface area (TPSA) is 55.8 Å². The summed E-state index contributed by atoms with van der Waals surface area (Å²) in [6, 6.07) is 7.86. The maximum absolute atomic E-state index is 10.7. The van der Waals surface area contributed by atoms with E-state index < -0.39 is 13.1 Å². The SMILES string of the molecule is CC1(C)OB(C(=Cc2cccc(CCC(=O)O)c2)CS)OC1(C)C. The van der Waals surface area contributed by atoms with Gasteiger partial charge in [-0.05, 0) is 50.7 Å². The Hall–Kier alpha value is -1.24. The molecule has 1 aromatic rings. The Kier molecular flexibility index (Phi) is 5.84. The van der Waals surface area contributed by atoms with Gasteiger partial charge in [-0.3, -0.25) is 4.79 Å². The van der Waals surface area contributed by atoms with Crippen LogP contribution in [-0.4, -0.2) is 35.1 Å². The summed E-state index contributed by atoms with van der Waals surface area (Å²) in [5.74, 6) is -0.264. The summed E-state index contributed by atoms with van der Waals surface area (Å²) >= 11 is 4.42. The van der Waals surface area contributed by atoms with Crippen LogP contribution in [0.5, 0.6) is 0 Å². The molecule has 130 valence electrons. The van der Waals surface area contributed by atoms with Crippen LogP contribution in [0.15, 0.2) is 29.7 Å². The summed E-state index contributed by atoms with van der Waals surface area (Å²) in [5.41, 5.74) is 2.18. The van der Waals surface area contributed by atoms with Crippen molar-refractivity contribution >= 4 is 31.8 Å².